The van der Waals surface area contributed by atoms with Crippen LogP contribution in [-0.4, -0.2) is 90.3 Å². The van der Waals surface area contributed by atoms with E-state index in [0.717, 1.165) is 82.0 Å². The predicted molar refractivity (Wildman–Crippen MR) is 174 cm³/mol. The molecule has 2 aliphatic heterocycles. The maximum atomic E-state index is 14.0. The van der Waals surface area contributed by atoms with Crippen LogP contribution < -0.4 is 16.0 Å². The van der Waals surface area contributed by atoms with E-state index >= 15 is 0 Å². The van der Waals surface area contributed by atoms with Gasteiger partial charge < -0.3 is 26.0 Å². The molecule has 256 valence electrons. The molecule has 0 bridgehead atoms. The van der Waals surface area contributed by atoms with Crippen LogP contribution in [0.5, 0.6) is 0 Å². The highest BCUT2D eigenvalue weighted by Gasteiger charge is 2.61. The lowest BCUT2D eigenvalue weighted by Gasteiger charge is -2.34. The Hall–Kier alpha value is -2.71. The first-order chi connectivity index (χ1) is 22.0. The number of hydrogen-bond acceptors (Lipinski definition) is 7. The van der Waals surface area contributed by atoms with Crippen molar-refractivity contribution in [3.05, 3.63) is 17.5 Å². The van der Waals surface area contributed by atoms with Gasteiger partial charge in [-0.3, -0.25) is 9.59 Å². The van der Waals surface area contributed by atoms with E-state index in [4.69, 9.17) is 0 Å². The van der Waals surface area contributed by atoms with Crippen LogP contribution in [0, 0.1) is 11.8 Å². The average molecular weight is 680 g/mol. The Morgan fingerprint density at radius 1 is 1.04 bits per heavy atom. The molecule has 12 nitrogen and oxygen atoms in total. The SMILES string of the molecule is CN(CC(NC(=O)N[C@H]1CCCCCCCC2C[C@@]2(C(=O)O)NC(=O)[C@@H]2CCCN2C1=O)C1CCCCC1)S(=O)(=O)c1cccs1. The largest absolute Gasteiger partial charge is 0.479 e. The second-order valence-corrected chi connectivity index (χ2v) is 16.8. The van der Waals surface area contributed by atoms with Crippen molar-refractivity contribution in [1.29, 1.82) is 0 Å². The molecule has 5 atom stereocenters. The Kier molecular flexibility index (Phi) is 11.3. The molecule has 4 amide bonds. The molecule has 1 aromatic rings. The third-order valence-electron chi connectivity index (χ3n) is 10.5. The maximum absolute atomic E-state index is 14.0. The molecule has 1 aromatic heterocycles. The molecule has 2 unspecified atom stereocenters. The van der Waals surface area contributed by atoms with Crippen molar-refractivity contribution in [1.82, 2.24) is 25.2 Å². The molecular weight excluding hydrogens is 631 g/mol. The summed E-state index contributed by atoms with van der Waals surface area (Å²) in [6, 6.07) is 0.653. The number of amides is 4. The number of sulfonamides is 1. The molecule has 0 aromatic carbocycles. The lowest BCUT2D eigenvalue weighted by Crippen LogP contribution is -2.58. The topological polar surface area (TPSA) is 165 Å². The summed E-state index contributed by atoms with van der Waals surface area (Å²) in [6.45, 7) is 0.466. The molecular formula is C32H49N5O7S2. The summed E-state index contributed by atoms with van der Waals surface area (Å²) in [5.74, 6) is -1.81. The predicted octanol–water partition coefficient (Wildman–Crippen LogP) is 3.68. The van der Waals surface area contributed by atoms with Crippen LogP contribution in [-0.2, 0) is 24.4 Å². The zero-order chi connectivity index (χ0) is 32.9. The van der Waals surface area contributed by atoms with E-state index in [1.54, 1.807) is 17.5 Å². The highest BCUT2D eigenvalue weighted by atomic mass is 32.2. The summed E-state index contributed by atoms with van der Waals surface area (Å²) in [5, 5.41) is 20.4. The van der Waals surface area contributed by atoms with Crippen LogP contribution >= 0.6 is 11.3 Å². The lowest BCUT2D eigenvalue weighted by molar-refractivity contribution is -0.145. The van der Waals surface area contributed by atoms with Gasteiger partial charge in [-0.15, -0.1) is 11.3 Å². The summed E-state index contributed by atoms with van der Waals surface area (Å²) in [6.07, 6.45) is 11.8. The monoisotopic (exact) mass is 679 g/mol. The summed E-state index contributed by atoms with van der Waals surface area (Å²) >= 11 is 1.15. The molecule has 2 saturated carbocycles. The van der Waals surface area contributed by atoms with E-state index in [-0.39, 0.29) is 28.5 Å². The van der Waals surface area contributed by atoms with E-state index in [2.05, 4.69) is 16.0 Å². The zero-order valence-electron chi connectivity index (χ0n) is 26.7. The molecule has 46 heavy (non-hydrogen) atoms. The third kappa shape index (κ3) is 7.87. The van der Waals surface area contributed by atoms with Crippen molar-refractivity contribution in [3.63, 3.8) is 0 Å². The van der Waals surface area contributed by atoms with Gasteiger partial charge >= 0.3 is 12.0 Å². The van der Waals surface area contributed by atoms with Gasteiger partial charge in [-0.1, -0.05) is 57.4 Å². The summed E-state index contributed by atoms with van der Waals surface area (Å²) < 4.78 is 28.0. The fourth-order valence-electron chi connectivity index (χ4n) is 7.64. The number of rotatable bonds is 8. The standard InChI is InChI=1S/C32H49N5O7S2/c1-36(46(43,44)27-17-11-19-45-27)21-25(22-12-6-5-7-13-22)34-31(42)33-24-15-9-4-2-3-8-14-23-20-32(23,30(40)41)35-28(38)26-16-10-18-37(26)29(24)39/h11,17,19,22-26H,2-10,12-16,18,20-21H2,1H3,(H,35,38)(H,40,41)(H2,33,34,42)/t23?,24-,25?,26-,32+/m0/s1. The van der Waals surface area contributed by atoms with E-state index in [9.17, 15) is 32.7 Å². The minimum atomic E-state index is -3.71. The molecule has 3 heterocycles. The van der Waals surface area contributed by atoms with Gasteiger partial charge in [0, 0.05) is 26.2 Å². The van der Waals surface area contributed by atoms with Crippen LogP contribution in [0.4, 0.5) is 4.79 Å². The minimum Gasteiger partial charge on any atom is -0.479 e. The number of carbonyl (C=O) groups is 4. The Morgan fingerprint density at radius 3 is 2.41 bits per heavy atom. The summed E-state index contributed by atoms with van der Waals surface area (Å²) in [4.78, 5) is 54.7. The quantitative estimate of drug-likeness (QED) is 0.326. The van der Waals surface area contributed by atoms with Crippen molar-refractivity contribution < 1.29 is 32.7 Å². The maximum Gasteiger partial charge on any atom is 0.329 e. The molecule has 4 aliphatic rings. The van der Waals surface area contributed by atoms with Crippen molar-refractivity contribution in [2.45, 2.75) is 124 Å². The number of likely N-dealkylation sites (N-methyl/N-ethyl adjacent to an activating group) is 1. The molecule has 4 fully saturated rings. The smallest absolute Gasteiger partial charge is 0.329 e. The van der Waals surface area contributed by atoms with Gasteiger partial charge in [0.15, 0.2) is 0 Å². The van der Waals surface area contributed by atoms with Crippen LogP contribution in [0.1, 0.15) is 96.3 Å². The van der Waals surface area contributed by atoms with Gasteiger partial charge in [0.25, 0.3) is 10.0 Å². The van der Waals surface area contributed by atoms with Crippen LogP contribution in [0.25, 0.3) is 0 Å². The van der Waals surface area contributed by atoms with E-state index in [1.165, 1.54) is 16.3 Å². The Balaban J connectivity index is 1.30. The summed E-state index contributed by atoms with van der Waals surface area (Å²) in [5.41, 5.74) is -1.26. The van der Waals surface area contributed by atoms with Gasteiger partial charge in [0.05, 0.1) is 0 Å². The lowest BCUT2D eigenvalue weighted by atomic mass is 9.84. The Bertz CT molecular complexity index is 1350. The number of thiophene rings is 1. The second kappa shape index (κ2) is 15.0. The van der Waals surface area contributed by atoms with Gasteiger partial charge in [-0.2, -0.15) is 4.31 Å². The van der Waals surface area contributed by atoms with Crippen molar-refractivity contribution in [3.8, 4) is 0 Å². The van der Waals surface area contributed by atoms with Gasteiger partial charge in [-0.05, 0) is 68.2 Å². The number of aliphatic carboxylic acids is 1. The molecule has 14 heteroatoms. The van der Waals surface area contributed by atoms with Gasteiger partial charge in [0.2, 0.25) is 11.8 Å². The average Bonchev–Trinajstić information content (AvgIpc) is 3.40. The Morgan fingerprint density at radius 2 is 1.72 bits per heavy atom. The molecule has 4 N–H and O–H groups in total. The molecule has 0 spiro atoms. The second-order valence-electron chi connectivity index (χ2n) is 13.6. The normalized spacial score (nSPS) is 29.1. The Labute approximate surface area is 276 Å². The molecule has 5 rings (SSSR count). The van der Waals surface area contributed by atoms with E-state index in [1.807, 2.05) is 0 Å². The molecule has 0 radical (unpaired) electrons. The highest BCUT2D eigenvalue weighted by Crippen LogP contribution is 2.47. The van der Waals surface area contributed by atoms with Crippen LogP contribution in [0.3, 0.4) is 0 Å². The van der Waals surface area contributed by atoms with Crippen LogP contribution in [0.2, 0.25) is 0 Å². The van der Waals surface area contributed by atoms with E-state index < -0.39 is 51.6 Å². The number of carboxylic acid groups (broad SMARTS) is 1. The molecule has 2 aliphatic carbocycles. The zero-order valence-corrected chi connectivity index (χ0v) is 28.4. The first-order valence-electron chi connectivity index (χ1n) is 17.0. The number of nitrogens with zero attached hydrogens (tertiary/aromatic N) is 2. The third-order valence-corrected chi connectivity index (χ3v) is 13.7. The fraction of sp³-hybridized carbons (Fsp3) is 0.750. The number of carbonyl (C=O) groups excluding carboxylic acids is 3. The van der Waals surface area contributed by atoms with Crippen molar-refractivity contribution >= 4 is 45.2 Å². The first-order valence-corrected chi connectivity index (χ1v) is 19.3. The highest BCUT2D eigenvalue weighted by molar-refractivity contribution is 7.91. The van der Waals surface area contributed by atoms with Gasteiger partial charge in [-0.25, -0.2) is 18.0 Å². The number of nitrogens with one attached hydrogen (secondary N) is 3. The number of fused-ring (bicyclic) bond motifs is 2. The number of urea groups is 1. The van der Waals surface area contributed by atoms with Gasteiger partial charge in [0.1, 0.15) is 21.8 Å². The first kappa shape index (κ1) is 34.6. The molecule has 2 saturated heterocycles. The van der Waals surface area contributed by atoms with E-state index in [0.29, 0.717) is 32.2 Å². The van der Waals surface area contributed by atoms with Crippen molar-refractivity contribution in [2.24, 2.45) is 11.8 Å². The summed E-state index contributed by atoms with van der Waals surface area (Å²) in [7, 11) is -2.18. The number of carboxylic acids is 1. The minimum absolute atomic E-state index is 0.0980. The van der Waals surface area contributed by atoms with Crippen molar-refractivity contribution in [2.75, 3.05) is 20.1 Å². The number of hydrogen-bond donors (Lipinski definition) is 4. The van der Waals surface area contributed by atoms with Crippen LogP contribution in [0.15, 0.2) is 21.7 Å². The fourth-order valence-corrected chi connectivity index (χ4v) is 10.0.